The van der Waals surface area contributed by atoms with Crippen LogP contribution in [-0.4, -0.2) is 4.98 Å². The summed E-state index contributed by atoms with van der Waals surface area (Å²) < 4.78 is 13.9. The molecule has 74 heavy (non-hydrogen) atoms. The van der Waals surface area contributed by atoms with Crippen LogP contribution in [0, 0.1) is 0 Å². The molecule has 0 aliphatic heterocycles. The minimum Gasteiger partial charge on any atom is -0.455 e. The van der Waals surface area contributed by atoms with Crippen molar-refractivity contribution in [1.29, 1.82) is 0 Å². The van der Waals surface area contributed by atoms with Crippen LogP contribution in [0.5, 0.6) is 0 Å². The monoisotopic (exact) mass is 953 g/mol. The topological polar surface area (TPSA) is 39.2 Å². The quantitative estimate of drug-likeness (QED) is 0.160. The van der Waals surface area contributed by atoms with Crippen molar-refractivity contribution in [3.8, 4) is 55.6 Å². The van der Waals surface area contributed by atoms with Crippen LogP contribution in [0.15, 0.2) is 203 Å². The predicted octanol–water partition coefficient (Wildman–Crippen LogP) is 18.7. The molecule has 0 spiro atoms. The number of hydrogen-bond donors (Lipinski definition) is 0. The Kier molecular flexibility index (Phi) is 9.01. The fraction of sp³-hybridized carbons (Fsp3) is 0.169. The Morgan fingerprint density at radius 2 is 0.919 bits per heavy atom. The van der Waals surface area contributed by atoms with Crippen LogP contribution in [0.1, 0.15) is 97.7 Å². The molecule has 0 saturated heterocycles. The van der Waals surface area contributed by atoms with Crippen LogP contribution in [0.25, 0.3) is 99.5 Å². The molecule has 3 heteroatoms. The summed E-state index contributed by atoms with van der Waals surface area (Å²) in [5.41, 5.74) is 27.7. The Hall–Kier alpha value is -8.27. The third-order valence-corrected chi connectivity index (χ3v) is 17.7. The van der Waals surface area contributed by atoms with Gasteiger partial charge < -0.3 is 8.83 Å². The second-order valence-electron chi connectivity index (χ2n) is 22.9. The van der Waals surface area contributed by atoms with Crippen molar-refractivity contribution in [1.82, 2.24) is 4.98 Å². The standard InChI is InChI=1S/C71H55NO2/c1-69(2)54-38-41(27-33-48(54)60-56(69)40-52(67-62(60)50-21-11-14-25-58(50)73-67)45-31-29-44(30-32-45)43-18-8-7-9-19-43)36-46(57-24-16-17-35-72-57)37-42-28-34-49-55(39-42)71(5,6)66-64(49)68-63(51-22-12-15-26-59(51)74-68)61-47-20-10-13-23-53(47)70(3,4)65(61)66/h7-35,38-40,46H,36-37H2,1-6H3. The van der Waals surface area contributed by atoms with Gasteiger partial charge in [0.15, 0.2) is 0 Å². The van der Waals surface area contributed by atoms with E-state index in [0.717, 1.165) is 57.4 Å². The summed E-state index contributed by atoms with van der Waals surface area (Å²) in [7, 11) is 0. The lowest BCUT2D eigenvalue weighted by atomic mass is 9.72. The van der Waals surface area contributed by atoms with Crippen LogP contribution in [0.2, 0.25) is 0 Å². The van der Waals surface area contributed by atoms with Gasteiger partial charge in [0, 0.05) is 66.7 Å². The van der Waals surface area contributed by atoms with Crippen molar-refractivity contribution < 1.29 is 8.83 Å². The maximum absolute atomic E-state index is 7.01. The van der Waals surface area contributed by atoms with E-state index in [1.165, 1.54) is 105 Å². The first-order valence-electron chi connectivity index (χ1n) is 26.4. The van der Waals surface area contributed by atoms with Gasteiger partial charge in [-0.05, 0) is 132 Å². The molecule has 3 nitrogen and oxygen atoms in total. The Morgan fingerprint density at radius 3 is 1.61 bits per heavy atom. The Bertz CT molecular complexity index is 4320. The first kappa shape index (κ1) is 43.3. The van der Waals surface area contributed by atoms with Crippen molar-refractivity contribution in [2.75, 3.05) is 0 Å². The second kappa shape index (κ2) is 15.4. The number of hydrogen-bond acceptors (Lipinski definition) is 3. The van der Waals surface area contributed by atoms with E-state index in [1.54, 1.807) is 0 Å². The van der Waals surface area contributed by atoms with Gasteiger partial charge in [-0.2, -0.15) is 0 Å². The summed E-state index contributed by atoms with van der Waals surface area (Å²) in [5, 5.41) is 4.79. The molecule has 356 valence electrons. The summed E-state index contributed by atoms with van der Waals surface area (Å²) in [4.78, 5) is 5.06. The van der Waals surface area contributed by atoms with Crippen molar-refractivity contribution in [3.63, 3.8) is 0 Å². The molecule has 15 rings (SSSR count). The van der Waals surface area contributed by atoms with E-state index in [0.29, 0.717) is 0 Å². The lowest BCUT2D eigenvalue weighted by Crippen LogP contribution is -2.24. The van der Waals surface area contributed by atoms with Crippen molar-refractivity contribution in [3.05, 3.63) is 244 Å². The molecule has 1 atom stereocenters. The predicted molar refractivity (Wildman–Crippen MR) is 305 cm³/mol. The molecule has 3 aliphatic carbocycles. The molecule has 1 unspecified atom stereocenters. The van der Waals surface area contributed by atoms with E-state index >= 15 is 0 Å². The number of para-hydroxylation sites is 2. The number of furan rings is 2. The third-order valence-electron chi connectivity index (χ3n) is 17.7. The van der Waals surface area contributed by atoms with Gasteiger partial charge in [-0.25, -0.2) is 0 Å². The lowest BCUT2D eigenvalue weighted by Gasteiger charge is -2.31. The number of fused-ring (bicyclic) bond motifs is 19. The molecule has 3 aromatic heterocycles. The zero-order chi connectivity index (χ0) is 49.8. The van der Waals surface area contributed by atoms with E-state index in [-0.39, 0.29) is 22.2 Å². The summed E-state index contributed by atoms with van der Waals surface area (Å²) in [6, 6.07) is 69.3. The van der Waals surface area contributed by atoms with Crippen LogP contribution >= 0.6 is 0 Å². The fourth-order valence-corrected chi connectivity index (χ4v) is 14.1. The molecule has 0 radical (unpaired) electrons. The number of nitrogens with zero attached hydrogens (tertiary/aromatic N) is 1. The molecule has 12 aromatic rings. The lowest BCUT2D eigenvalue weighted by molar-refractivity contribution is 0.598. The van der Waals surface area contributed by atoms with E-state index in [1.807, 2.05) is 12.3 Å². The van der Waals surface area contributed by atoms with Crippen molar-refractivity contribution in [2.45, 2.75) is 76.5 Å². The van der Waals surface area contributed by atoms with Gasteiger partial charge in [-0.1, -0.05) is 199 Å². The summed E-state index contributed by atoms with van der Waals surface area (Å²) in [6.45, 7) is 14.6. The SMILES string of the molecule is CC1(C)c2cc(CC(Cc3ccc4c(c3)C(C)(C)c3c5c(c6c(oc7ccccc76)c3-4)-c3ccccc3C5(C)C)c3ccccn3)ccc2-c2c1cc(-c1ccc(-c3ccccc3)cc1)c1oc3ccccc3c21. The smallest absolute Gasteiger partial charge is 0.144 e. The summed E-state index contributed by atoms with van der Waals surface area (Å²) >= 11 is 0. The number of aromatic nitrogens is 1. The van der Waals surface area contributed by atoms with Gasteiger partial charge in [0.1, 0.15) is 22.3 Å². The zero-order valence-electron chi connectivity index (χ0n) is 42.7. The Balaban J connectivity index is 0.822. The number of pyridine rings is 1. The van der Waals surface area contributed by atoms with Gasteiger partial charge >= 0.3 is 0 Å². The average molecular weight is 954 g/mol. The maximum Gasteiger partial charge on any atom is 0.144 e. The fourth-order valence-electron chi connectivity index (χ4n) is 14.1. The van der Waals surface area contributed by atoms with E-state index in [2.05, 4.69) is 224 Å². The van der Waals surface area contributed by atoms with E-state index in [9.17, 15) is 0 Å². The zero-order valence-corrected chi connectivity index (χ0v) is 42.7. The summed E-state index contributed by atoms with van der Waals surface area (Å²) in [5.74, 6) is 0.154. The molecule has 3 heterocycles. The highest BCUT2D eigenvalue weighted by atomic mass is 16.3. The Morgan fingerprint density at radius 1 is 0.392 bits per heavy atom. The Labute approximate surface area is 432 Å². The molecule has 0 fully saturated rings. The van der Waals surface area contributed by atoms with Crippen LogP contribution in [-0.2, 0) is 29.1 Å². The molecule has 9 aromatic carbocycles. The first-order chi connectivity index (χ1) is 36.0. The van der Waals surface area contributed by atoms with Crippen LogP contribution in [0.4, 0.5) is 0 Å². The largest absolute Gasteiger partial charge is 0.455 e. The molecule has 0 bridgehead atoms. The maximum atomic E-state index is 7.01. The van der Waals surface area contributed by atoms with Crippen molar-refractivity contribution in [2.24, 2.45) is 0 Å². The van der Waals surface area contributed by atoms with Gasteiger partial charge in [-0.15, -0.1) is 0 Å². The highest BCUT2D eigenvalue weighted by molar-refractivity contribution is 6.21. The third kappa shape index (κ3) is 5.98. The van der Waals surface area contributed by atoms with Gasteiger partial charge in [0.05, 0.1) is 0 Å². The molecule has 0 amide bonds. The first-order valence-corrected chi connectivity index (χ1v) is 26.4. The molecule has 3 aliphatic rings. The van der Waals surface area contributed by atoms with Crippen molar-refractivity contribution >= 4 is 43.9 Å². The minimum atomic E-state index is -0.268. The molecule has 0 saturated carbocycles. The van der Waals surface area contributed by atoms with Gasteiger partial charge in [0.25, 0.3) is 0 Å². The van der Waals surface area contributed by atoms with Gasteiger partial charge in [-0.3, -0.25) is 4.98 Å². The van der Waals surface area contributed by atoms with E-state index in [4.69, 9.17) is 13.8 Å². The number of rotatable bonds is 7. The second-order valence-corrected chi connectivity index (χ2v) is 22.9. The molecule has 0 N–H and O–H groups in total. The number of benzene rings is 9. The van der Waals surface area contributed by atoms with Gasteiger partial charge in [0.2, 0.25) is 0 Å². The molecular formula is C71H55NO2. The average Bonchev–Trinajstić information content (AvgIpc) is 4.38. The minimum absolute atomic E-state index is 0.154. The van der Waals surface area contributed by atoms with Crippen LogP contribution in [0.3, 0.4) is 0 Å². The summed E-state index contributed by atoms with van der Waals surface area (Å²) in [6.07, 6.45) is 3.68. The highest BCUT2D eigenvalue weighted by Crippen LogP contribution is 2.63. The highest BCUT2D eigenvalue weighted by Gasteiger charge is 2.48. The molecular weight excluding hydrogens is 899 g/mol. The van der Waals surface area contributed by atoms with Crippen LogP contribution < -0.4 is 0 Å². The van der Waals surface area contributed by atoms with E-state index < -0.39 is 0 Å². The normalized spacial score (nSPS) is 15.5.